The van der Waals surface area contributed by atoms with E-state index in [0.717, 1.165) is 11.8 Å². The van der Waals surface area contributed by atoms with Gasteiger partial charge < -0.3 is 4.74 Å². The predicted molar refractivity (Wildman–Crippen MR) is 59.8 cm³/mol. The summed E-state index contributed by atoms with van der Waals surface area (Å²) in [5, 5.41) is -0.392. The second kappa shape index (κ2) is 4.06. The second-order valence-electron chi connectivity index (χ2n) is 5.57. The summed E-state index contributed by atoms with van der Waals surface area (Å²) in [5.41, 5.74) is 0.497. The standard InChI is InChI=1S/C12H19ClO2/c1-12(2)9-4-3-8(10(12)5-9)6-15-7-11(13)14/h8-10H,3-7H2,1-2H3/t8-,9-,10-/m0/s1. The van der Waals surface area contributed by atoms with E-state index in [2.05, 4.69) is 13.8 Å². The van der Waals surface area contributed by atoms with Crippen LogP contribution in [0, 0.1) is 23.2 Å². The molecule has 3 aliphatic rings. The van der Waals surface area contributed by atoms with E-state index in [9.17, 15) is 4.79 Å². The van der Waals surface area contributed by atoms with Gasteiger partial charge in [0.2, 0.25) is 5.24 Å². The third-order valence-electron chi connectivity index (χ3n) is 4.55. The fraction of sp³-hybridized carbons (Fsp3) is 0.917. The van der Waals surface area contributed by atoms with E-state index >= 15 is 0 Å². The topological polar surface area (TPSA) is 26.3 Å². The van der Waals surface area contributed by atoms with Crippen molar-refractivity contribution in [2.45, 2.75) is 33.1 Å². The van der Waals surface area contributed by atoms with Crippen molar-refractivity contribution >= 4 is 16.8 Å². The van der Waals surface area contributed by atoms with Crippen LogP contribution in [0.3, 0.4) is 0 Å². The van der Waals surface area contributed by atoms with Crippen LogP contribution < -0.4 is 0 Å². The van der Waals surface area contributed by atoms with E-state index in [1.807, 2.05) is 0 Å². The third-order valence-corrected chi connectivity index (χ3v) is 4.66. The minimum Gasteiger partial charge on any atom is -0.372 e. The van der Waals surface area contributed by atoms with Crippen molar-refractivity contribution in [1.82, 2.24) is 0 Å². The Labute approximate surface area is 96.3 Å². The molecule has 0 spiro atoms. The average molecular weight is 231 g/mol. The zero-order chi connectivity index (χ0) is 11.1. The van der Waals surface area contributed by atoms with Gasteiger partial charge in [-0.15, -0.1) is 0 Å². The molecule has 0 N–H and O–H groups in total. The SMILES string of the molecule is CC1(C)[C@H]2CC[C@@H](COCC(=O)Cl)[C@@H]1C2. The maximum absolute atomic E-state index is 10.5. The molecule has 0 aromatic rings. The molecule has 0 aliphatic heterocycles. The number of hydrogen-bond donors (Lipinski definition) is 0. The van der Waals surface area contributed by atoms with Gasteiger partial charge >= 0.3 is 0 Å². The molecule has 0 aromatic carbocycles. The van der Waals surface area contributed by atoms with Gasteiger partial charge in [-0.1, -0.05) is 13.8 Å². The van der Waals surface area contributed by atoms with Crippen molar-refractivity contribution in [3.05, 3.63) is 0 Å². The van der Waals surface area contributed by atoms with Gasteiger partial charge in [0.25, 0.3) is 0 Å². The summed E-state index contributed by atoms with van der Waals surface area (Å²) >= 11 is 5.23. The molecule has 15 heavy (non-hydrogen) atoms. The van der Waals surface area contributed by atoms with Gasteiger partial charge in [0.05, 0.1) is 6.61 Å². The number of fused-ring (bicyclic) bond motifs is 2. The normalized spacial score (nSPS) is 37.1. The van der Waals surface area contributed by atoms with Gasteiger partial charge in [-0.05, 0) is 54.0 Å². The third kappa shape index (κ3) is 2.07. The highest BCUT2D eigenvalue weighted by atomic mass is 35.5. The number of carbonyl (C=O) groups is 1. The van der Waals surface area contributed by atoms with Gasteiger partial charge in [-0.2, -0.15) is 0 Å². The number of halogens is 1. The van der Waals surface area contributed by atoms with Gasteiger partial charge in [-0.25, -0.2) is 0 Å². The lowest BCUT2D eigenvalue weighted by molar-refractivity contribution is -0.130. The first-order valence-corrected chi connectivity index (χ1v) is 6.15. The van der Waals surface area contributed by atoms with Crippen LogP contribution in [0.15, 0.2) is 0 Å². The van der Waals surface area contributed by atoms with Crippen molar-refractivity contribution in [1.29, 1.82) is 0 Å². The molecule has 2 bridgehead atoms. The van der Waals surface area contributed by atoms with Crippen molar-refractivity contribution in [2.75, 3.05) is 13.2 Å². The minimum atomic E-state index is -0.392. The molecule has 3 saturated carbocycles. The Balaban J connectivity index is 1.81. The zero-order valence-electron chi connectivity index (χ0n) is 9.46. The summed E-state index contributed by atoms with van der Waals surface area (Å²) in [7, 11) is 0. The minimum absolute atomic E-state index is 0.0641. The number of hydrogen-bond acceptors (Lipinski definition) is 2. The second-order valence-corrected chi connectivity index (χ2v) is 5.99. The Kier molecular flexibility index (Phi) is 3.09. The Morgan fingerprint density at radius 2 is 2.20 bits per heavy atom. The smallest absolute Gasteiger partial charge is 0.247 e. The highest BCUT2D eigenvalue weighted by Gasteiger charge is 2.53. The molecule has 0 amide bonds. The van der Waals surface area contributed by atoms with E-state index in [1.165, 1.54) is 19.3 Å². The van der Waals surface area contributed by atoms with Crippen molar-refractivity contribution in [3.63, 3.8) is 0 Å². The first kappa shape index (κ1) is 11.4. The van der Waals surface area contributed by atoms with Crippen LogP contribution in [0.2, 0.25) is 0 Å². The number of carbonyl (C=O) groups excluding carboxylic acids is 1. The lowest BCUT2D eigenvalue weighted by atomic mass is 9.46. The summed E-state index contributed by atoms with van der Waals surface area (Å²) in [6, 6.07) is 0. The molecule has 3 aliphatic carbocycles. The zero-order valence-corrected chi connectivity index (χ0v) is 10.2. The van der Waals surface area contributed by atoms with E-state index in [0.29, 0.717) is 17.9 Å². The van der Waals surface area contributed by atoms with Crippen molar-refractivity contribution in [3.8, 4) is 0 Å². The lowest BCUT2D eigenvalue weighted by Crippen LogP contribution is -2.53. The fourth-order valence-electron chi connectivity index (χ4n) is 3.45. The summed E-state index contributed by atoms with van der Waals surface area (Å²) in [6.07, 6.45) is 3.94. The van der Waals surface area contributed by atoms with Gasteiger partial charge in [0.1, 0.15) is 6.61 Å². The first-order valence-electron chi connectivity index (χ1n) is 5.78. The van der Waals surface area contributed by atoms with E-state index in [4.69, 9.17) is 16.3 Å². The summed E-state index contributed by atoms with van der Waals surface area (Å²) < 4.78 is 5.34. The summed E-state index contributed by atoms with van der Waals surface area (Å²) in [6.45, 7) is 5.50. The summed E-state index contributed by atoms with van der Waals surface area (Å²) in [4.78, 5) is 10.5. The van der Waals surface area contributed by atoms with E-state index < -0.39 is 5.24 Å². The van der Waals surface area contributed by atoms with Crippen LogP contribution >= 0.6 is 11.6 Å². The molecule has 3 atom stereocenters. The molecule has 3 rings (SSSR count). The predicted octanol–water partition coefficient (Wildman–Crippen LogP) is 2.84. The molecule has 3 fully saturated rings. The van der Waals surface area contributed by atoms with Crippen LogP contribution in [0.5, 0.6) is 0 Å². The quantitative estimate of drug-likeness (QED) is 0.695. The molecule has 0 saturated heterocycles. The van der Waals surface area contributed by atoms with Crippen LogP contribution in [0.4, 0.5) is 0 Å². The number of ether oxygens (including phenoxy) is 1. The summed E-state index contributed by atoms with van der Waals surface area (Å²) in [5.74, 6) is 2.36. The Hall–Kier alpha value is -0.0800. The van der Waals surface area contributed by atoms with Gasteiger partial charge in [0.15, 0.2) is 0 Å². The van der Waals surface area contributed by atoms with E-state index in [-0.39, 0.29) is 6.61 Å². The molecule has 0 heterocycles. The van der Waals surface area contributed by atoms with Crippen LogP contribution in [-0.4, -0.2) is 18.5 Å². The molecule has 86 valence electrons. The van der Waals surface area contributed by atoms with Crippen LogP contribution in [0.1, 0.15) is 33.1 Å². The Morgan fingerprint density at radius 3 is 2.73 bits per heavy atom. The Morgan fingerprint density at radius 1 is 1.47 bits per heavy atom. The van der Waals surface area contributed by atoms with Gasteiger partial charge in [0, 0.05) is 0 Å². The highest BCUT2D eigenvalue weighted by Crippen LogP contribution is 2.61. The first-order chi connectivity index (χ1) is 7.01. The van der Waals surface area contributed by atoms with E-state index in [1.54, 1.807) is 0 Å². The van der Waals surface area contributed by atoms with Crippen LogP contribution in [0.25, 0.3) is 0 Å². The van der Waals surface area contributed by atoms with Crippen molar-refractivity contribution < 1.29 is 9.53 Å². The van der Waals surface area contributed by atoms with Gasteiger partial charge in [-0.3, -0.25) is 4.79 Å². The fourth-order valence-corrected chi connectivity index (χ4v) is 3.53. The van der Waals surface area contributed by atoms with Crippen LogP contribution in [-0.2, 0) is 9.53 Å². The lowest BCUT2D eigenvalue weighted by Gasteiger charge is -2.60. The average Bonchev–Trinajstić information content (AvgIpc) is 2.17. The molecule has 3 heteroatoms. The highest BCUT2D eigenvalue weighted by molar-refractivity contribution is 6.63. The van der Waals surface area contributed by atoms with Crippen molar-refractivity contribution in [2.24, 2.45) is 23.2 Å². The molecule has 2 nitrogen and oxygen atoms in total. The monoisotopic (exact) mass is 230 g/mol. The number of rotatable bonds is 4. The largest absolute Gasteiger partial charge is 0.372 e. The maximum Gasteiger partial charge on any atom is 0.247 e. The molecule has 0 radical (unpaired) electrons. The molecule has 0 aromatic heterocycles. The molecular formula is C12H19ClO2. The Bertz CT molecular complexity index is 260. The molecular weight excluding hydrogens is 212 g/mol. The molecule has 0 unspecified atom stereocenters. The maximum atomic E-state index is 10.5.